The smallest absolute Gasteiger partial charge is 0.119 e. The minimum Gasteiger partial charge on any atom is -0.389 e. The van der Waals surface area contributed by atoms with Gasteiger partial charge in [0.15, 0.2) is 0 Å². The summed E-state index contributed by atoms with van der Waals surface area (Å²) in [6.07, 6.45) is 3.33. The van der Waals surface area contributed by atoms with Gasteiger partial charge in [0, 0.05) is 13.0 Å². The van der Waals surface area contributed by atoms with Crippen LogP contribution in [0.4, 0.5) is 0 Å². The quantitative estimate of drug-likeness (QED) is 0.274. The monoisotopic (exact) mass is 334 g/mol. The molecule has 1 aliphatic heterocycles. The van der Waals surface area contributed by atoms with Gasteiger partial charge in [-0.3, -0.25) is 0 Å². The largest absolute Gasteiger partial charge is 0.389 e. The van der Waals surface area contributed by atoms with Gasteiger partial charge < -0.3 is 26.3 Å². The van der Waals surface area contributed by atoms with E-state index in [-0.39, 0.29) is 6.10 Å². The molecule has 1 aromatic carbocycles. The summed E-state index contributed by atoms with van der Waals surface area (Å²) in [5.41, 5.74) is 7.97. The van der Waals surface area contributed by atoms with E-state index < -0.39 is 6.10 Å². The van der Waals surface area contributed by atoms with Gasteiger partial charge in [-0.25, -0.2) is 0 Å². The number of rotatable bonds is 9. The molecule has 2 atom stereocenters. The van der Waals surface area contributed by atoms with Crippen LogP contribution in [-0.4, -0.2) is 48.2 Å². The molecule has 1 saturated heterocycles. The second-order valence-corrected chi connectivity index (χ2v) is 6.46. The van der Waals surface area contributed by atoms with E-state index in [0.717, 1.165) is 25.1 Å². The molecule has 0 saturated carbocycles. The fourth-order valence-corrected chi connectivity index (χ4v) is 3.15. The van der Waals surface area contributed by atoms with Crippen LogP contribution < -0.4 is 11.6 Å². The Labute approximate surface area is 144 Å². The molecule has 2 unspecified atom stereocenters. The van der Waals surface area contributed by atoms with Crippen molar-refractivity contribution < 1.29 is 9.84 Å². The van der Waals surface area contributed by atoms with Crippen LogP contribution in [0, 0.1) is 0 Å². The Balaban J connectivity index is 1.85. The van der Waals surface area contributed by atoms with Crippen molar-refractivity contribution in [1.82, 2.24) is 4.90 Å². The van der Waals surface area contributed by atoms with Crippen LogP contribution >= 0.6 is 0 Å². The number of hydrogen-bond acceptors (Lipinski definition) is 5. The van der Waals surface area contributed by atoms with Gasteiger partial charge in [-0.2, -0.15) is 5.10 Å². The Bertz CT molecular complexity index is 530. The first-order valence-corrected chi connectivity index (χ1v) is 8.72. The fraction of sp³-hybridized carbons (Fsp3) is 0.611. The first-order chi connectivity index (χ1) is 11.6. The van der Waals surface area contributed by atoms with E-state index in [4.69, 9.17) is 16.3 Å². The molecule has 6 heteroatoms. The van der Waals surface area contributed by atoms with Crippen molar-refractivity contribution in [3.8, 4) is 0 Å². The number of nitrogens with two attached hydrogens (primary N) is 2. The number of aliphatic hydroxyl groups excluding tert-OH is 1. The van der Waals surface area contributed by atoms with Crippen molar-refractivity contribution in [3.05, 3.63) is 35.4 Å². The van der Waals surface area contributed by atoms with Crippen LogP contribution in [0.25, 0.3) is 0 Å². The van der Waals surface area contributed by atoms with Crippen LogP contribution in [-0.2, 0) is 11.2 Å². The SMILES string of the molecule is CC(OCC(O)CN1CCCC1)c1ccccc1CC/C(N)=N/N. The predicted octanol–water partition coefficient (Wildman–Crippen LogP) is 1.38. The second-order valence-electron chi connectivity index (χ2n) is 6.46. The molecule has 1 aliphatic rings. The van der Waals surface area contributed by atoms with Crippen LogP contribution in [0.3, 0.4) is 0 Å². The van der Waals surface area contributed by atoms with E-state index >= 15 is 0 Å². The van der Waals surface area contributed by atoms with Gasteiger partial charge in [-0.1, -0.05) is 24.3 Å². The highest BCUT2D eigenvalue weighted by Crippen LogP contribution is 2.22. The minimum atomic E-state index is -0.447. The molecule has 6 nitrogen and oxygen atoms in total. The summed E-state index contributed by atoms with van der Waals surface area (Å²) in [4.78, 5) is 2.29. The molecule has 0 radical (unpaired) electrons. The standard InChI is InChI=1S/C18H30N4O2/c1-14(24-13-16(23)12-22-10-4-5-11-22)17-7-3-2-6-15(17)8-9-18(19)21-20/h2-3,6-7,14,16,23H,4-5,8-13,20H2,1H3,(H2,19,21). The Morgan fingerprint density at radius 1 is 1.33 bits per heavy atom. The van der Waals surface area contributed by atoms with Crippen LogP contribution in [0.15, 0.2) is 29.4 Å². The number of nitrogens with zero attached hydrogens (tertiary/aromatic N) is 2. The number of amidine groups is 1. The van der Waals surface area contributed by atoms with Crippen molar-refractivity contribution in [3.63, 3.8) is 0 Å². The number of hydrogen-bond donors (Lipinski definition) is 3. The lowest BCUT2D eigenvalue weighted by atomic mass is 9.99. The second kappa shape index (κ2) is 9.61. The lowest BCUT2D eigenvalue weighted by molar-refractivity contribution is -0.0135. The molecule has 1 fully saturated rings. The van der Waals surface area contributed by atoms with Crippen molar-refractivity contribution >= 4 is 5.84 Å². The van der Waals surface area contributed by atoms with Crippen molar-refractivity contribution in [2.75, 3.05) is 26.2 Å². The van der Waals surface area contributed by atoms with Gasteiger partial charge >= 0.3 is 0 Å². The van der Waals surface area contributed by atoms with E-state index in [0.29, 0.717) is 25.4 Å². The highest BCUT2D eigenvalue weighted by Gasteiger charge is 2.18. The predicted molar refractivity (Wildman–Crippen MR) is 96.6 cm³/mol. The third kappa shape index (κ3) is 5.78. The molecule has 0 bridgehead atoms. The summed E-state index contributed by atoms with van der Waals surface area (Å²) in [6, 6.07) is 8.13. The molecule has 0 spiro atoms. The molecule has 24 heavy (non-hydrogen) atoms. The first kappa shape index (κ1) is 18.7. The Morgan fingerprint density at radius 3 is 2.75 bits per heavy atom. The lowest BCUT2D eigenvalue weighted by Gasteiger charge is -2.22. The van der Waals surface area contributed by atoms with E-state index in [2.05, 4.69) is 22.1 Å². The number of benzene rings is 1. The van der Waals surface area contributed by atoms with E-state index in [9.17, 15) is 5.11 Å². The highest BCUT2D eigenvalue weighted by molar-refractivity contribution is 5.80. The molecule has 1 aromatic rings. The summed E-state index contributed by atoms with van der Waals surface area (Å²) in [5.74, 6) is 5.63. The summed E-state index contributed by atoms with van der Waals surface area (Å²) in [6.45, 7) is 5.22. The number of aryl methyl sites for hydroxylation is 1. The number of ether oxygens (including phenoxy) is 1. The number of aliphatic hydroxyl groups is 1. The molecule has 0 aliphatic carbocycles. The molecule has 0 aromatic heterocycles. The number of hydrazone groups is 1. The third-order valence-electron chi connectivity index (χ3n) is 4.52. The number of likely N-dealkylation sites (tertiary alicyclic amines) is 1. The van der Waals surface area contributed by atoms with Crippen molar-refractivity contribution in [2.24, 2.45) is 16.7 Å². The molecular formula is C18H30N4O2. The van der Waals surface area contributed by atoms with E-state index in [1.807, 2.05) is 19.1 Å². The fourth-order valence-electron chi connectivity index (χ4n) is 3.15. The summed E-state index contributed by atoms with van der Waals surface area (Å²) >= 11 is 0. The average Bonchev–Trinajstić information content (AvgIpc) is 3.10. The van der Waals surface area contributed by atoms with Gasteiger partial charge in [0.05, 0.1) is 18.8 Å². The van der Waals surface area contributed by atoms with Gasteiger partial charge in [0.25, 0.3) is 0 Å². The molecular weight excluding hydrogens is 304 g/mol. The van der Waals surface area contributed by atoms with Crippen LogP contribution in [0.2, 0.25) is 0 Å². The Morgan fingerprint density at radius 2 is 2.04 bits per heavy atom. The Hall–Kier alpha value is -1.63. The molecule has 0 amide bonds. The molecule has 134 valence electrons. The van der Waals surface area contributed by atoms with Gasteiger partial charge in [-0.15, -0.1) is 0 Å². The third-order valence-corrected chi connectivity index (χ3v) is 4.52. The Kier molecular flexibility index (Phi) is 7.49. The number of β-amino-alcohol motifs (C(OH)–C–C–N with tert-alkyl or cyclic N) is 1. The summed E-state index contributed by atoms with van der Waals surface area (Å²) in [5, 5.41) is 13.7. The van der Waals surface area contributed by atoms with Gasteiger partial charge in [0.1, 0.15) is 5.84 Å². The van der Waals surface area contributed by atoms with Crippen LogP contribution in [0.5, 0.6) is 0 Å². The molecule has 1 heterocycles. The van der Waals surface area contributed by atoms with Gasteiger partial charge in [-0.05, 0) is 50.4 Å². The average molecular weight is 334 g/mol. The molecule has 2 rings (SSSR count). The minimum absolute atomic E-state index is 0.0783. The maximum Gasteiger partial charge on any atom is 0.119 e. The summed E-state index contributed by atoms with van der Waals surface area (Å²) in [7, 11) is 0. The zero-order valence-corrected chi connectivity index (χ0v) is 14.5. The highest BCUT2D eigenvalue weighted by atomic mass is 16.5. The molecule has 5 N–H and O–H groups in total. The van der Waals surface area contributed by atoms with Crippen molar-refractivity contribution in [2.45, 2.75) is 44.8 Å². The van der Waals surface area contributed by atoms with Crippen molar-refractivity contribution in [1.29, 1.82) is 0 Å². The topological polar surface area (TPSA) is 97.1 Å². The van der Waals surface area contributed by atoms with Crippen LogP contribution in [0.1, 0.15) is 43.4 Å². The zero-order valence-electron chi connectivity index (χ0n) is 14.5. The van der Waals surface area contributed by atoms with E-state index in [1.165, 1.54) is 18.4 Å². The summed E-state index contributed by atoms with van der Waals surface area (Å²) < 4.78 is 5.91. The van der Waals surface area contributed by atoms with E-state index in [1.54, 1.807) is 0 Å². The normalized spacial score (nSPS) is 18.7. The zero-order chi connectivity index (χ0) is 17.4. The maximum atomic E-state index is 10.2. The maximum absolute atomic E-state index is 10.2. The first-order valence-electron chi connectivity index (χ1n) is 8.72. The lowest BCUT2D eigenvalue weighted by Crippen LogP contribution is -2.33. The van der Waals surface area contributed by atoms with Gasteiger partial charge in [0.2, 0.25) is 0 Å².